The van der Waals surface area contributed by atoms with Gasteiger partial charge in [0, 0.05) is 30.6 Å². The van der Waals surface area contributed by atoms with Crippen LogP contribution in [0.2, 0.25) is 0 Å². The van der Waals surface area contributed by atoms with Gasteiger partial charge in [0.1, 0.15) is 17.4 Å². The lowest BCUT2D eigenvalue weighted by molar-refractivity contribution is -0.112. The van der Waals surface area contributed by atoms with Crippen LogP contribution in [0.4, 0.5) is 5.69 Å². The maximum atomic E-state index is 12.1. The third-order valence-electron chi connectivity index (χ3n) is 2.73. The Morgan fingerprint density at radius 2 is 2.33 bits per heavy atom. The zero-order chi connectivity index (χ0) is 15.2. The second kappa shape index (κ2) is 6.39. The Labute approximate surface area is 122 Å². The molecule has 0 fully saturated rings. The lowest BCUT2D eigenvalue weighted by atomic mass is 10.2. The second-order valence-corrected chi connectivity index (χ2v) is 4.30. The van der Waals surface area contributed by atoms with E-state index in [0.717, 1.165) is 0 Å². The third-order valence-corrected chi connectivity index (χ3v) is 2.73. The molecule has 2 rings (SSSR count). The molecular formula is C15H14N4O2. The van der Waals surface area contributed by atoms with Gasteiger partial charge < -0.3 is 10.1 Å². The molecule has 1 aromatic heterocycles. The summed E-state index contributed by atoms with van der Waals surface area (Å²) < 4.78 is 6.68. The van der Waals surface area contributed by atoms with E-state index >= 15 is 0 Å². The summed E-state index contributed by atoms with van der Waals surface area (Å²) >= 11 is 0. The number of anilines is 1. The van der Waals surface area contributed by atoms with Crippen molar-refractivity contribution < 1.29 is 9.53 Å². The van der Waals surface area contributed by atoms with Gasteiger partial charge in [0.15, 0.2) is 0 Å². The fraction of sp³-hybridized carbons (Fsp3) is 0.133. The van der Waals surface area contributed by atoms with Crippen molar-refractivity contribution in [2.45, 2.75) is 0 Å². The van der Waals surface area contributed by atoms with Gasteiger partial charge in [0.2, 0.25) is 0 Å². The van der Waals surface area contributed by atoms with Crippen molar-refractivity contribution in [3.63, 3.8) is 0 Å². The first-order valence-corrected chi connectivity index (χ1v) is 6.18. The number of methoxy groups -OCH3 is 1. The van der Waals surface area contributed by atoms with E-state index in [2.05, 4.69) is 10.4 Å². The molecule has 0 radical (unpaired) electrons. The zero-order valence-electron chi connectivity index (χ0n) is 11.7. The lowest BCUT2D eigenvalue weighted by Gasteiger charge is -2.06. The molecule has 0 saturated carbocycles. The maximum Gasteiger partial charge on any atom is 0.266 e. The molecule has 1 N–H and O–H groups in total. The summed E-state index contributed by atoms with van der Waals surface area (Å²) in [4.78, 5) is 12.1. The van der Waals surface area contributed by atoms with E-state index in [0.29, 0.717) is 17.0 Å². The van der Waals surface area contributed by atoms with Crippen LogP contribution in [0.3, 0.4) is 0 Å². The Bertz CT molecular complexity index is 725. The van der Waals surface area contributed by atoms with Crippen LogP contribution >= 0.6 is 0 Å². The van der Waals surface area contributed by atoms with Crippen molar-refractivity contribution in [3.05, 3.63) is 47.8 Å². The number of carbonyl (C=O) groups is 1. The van der Waals surface area contributed by atoms with Crippen molar-refractivity contribution in [1.29, 1.82) is 5.26 Å². The molecule has 0 spiro atoms. The summed E-state index contributed by atoms with van der Waals surface area (Å²) in [6.07, 6.45) is 4.79. The molecule has 0 saturated heterocycles. The average molecular weight is 282 g/mol. The van der Waals surface area contributed by atoms with Crippen molar-refractivity contribution in [3.8, 4) is 11.8 Å². The molecule has 1 aromatic carbocycles. The molecule has 0 bridgehead atoms. The van der Waals surface area contributed by atoms with Crippen LogP contribution in [-0.2, 0) is 11.8 Å². The third kappa shape index (κ3) is 3.70. The van der Waals surface area contributed by atoms with E-state index in [9.17, 15) is 4.79 Å². The first kappa shape index (κ1) is 14.3. The quantitative estimate of drug-likeness (QED) is 0.686. The number of carbonyl (C=O) groups excluding carboxylic acids is 1. The van der Waals surface area contributed by atoms with Gasteiger partial charge in [-0.05, 0) is 18.2 Å². The number of nitriles is 1. The molecule has 0 atom stereocenters. The van der Waals surface area contributed by atoms with Gasteiger partial charge in [-0.1, -0.05) is 6.07 Å². The van der Waals surface area contributed by atoms with Gasteiger partial charge in [-0.25, -0.2) is 0 Å². The Morgan fingerprint density at radius 3 is 2.95 bits per heavy atom. The molecule has 1 heterocycles. The highest BCUT2D eigenvalue weighted by atomic mass is 16.5. The van der Waals surface area contributed by atoms with E-state index in [1.807, 2.05) is 6.07 Å². The summed E-state index contributed by atoms with van der Waals surface area (Å²) in [6.45, 7) is 0. The van der Waals surface area contributed by atoms with Gasteiger partial charge >= 0.3 is 0 Å². The number of hydrogen-bond donors (Lipinski definition) is 1. The minimum atomic E-state index is -0.477. The van der Waals surface area contributed by atoms with E-state index in [1.165, 1.54) is 6.08 Å². The number of nitrogens with zero attached hydrogens (tertiary/aromatic N) is 3. The van der Waals surface area contributed by atoms with E-state index in [4.69, 9.17) is 10.00 Å². The fourth-order valence-corrected chi connectivity index (χ4v) is 1.73. The van der Waals surface area contributed by atoms with Gasteiger partial charge in [-0.2, -0.15) is 10.4 Å². The molecule has 0 aliphatic carbocycles. The van der Waals surface area contributed by atoms with E-state index in [-0.39, 0.29) is 5.57 Å². The van der Waals surface area contributed by atoms with Crippen LogP contribution in [0.15, 0.2) is 42.2 Å². The number of hydrogen-bond acceptors (Lipinski definition) is 4. The topological polar surface area (TPSA) is 79.9 Å². The Hall–Kier alpha value is -3.07. The average Bonchev–Trinajstić information content (AvgIpc) is 2.90. The summed E-state index contributed by atoms with van der Waals surface area (Å²) in [7, 11) is 3.31. The number of benzene rings is 1. The van der Waals surface area contributed by atoms with Gasteiger partial charge in [-0.15, -0.1) is 0 Å². The molecule has 0 aliphatic rings. The number of nitrogens with one attached hydrogen (secondary N) is 1. The van der Waals surface area contributed by atoms with Gasteiger partial charge in [0.25, 0.3) is 5.91 Å². The first-order chi connectivity index (χ1) is 10.1. The largest absolute Gasteiger partial charge is 0.497 e. The van der Waals surface area contributed by atoms with Crippen LogP contribution in [0.1, 0.15) is 5.56 Å². The van der Waals surface area contributed by atoms with Crippen molar-refractivity contribution in [2.75, 3.05) is 12.4 Å². The number of ether oxygens (including phenoxy) is 1. The summed E-state index contributed by atoms with van der Waals surface area (Å²) in [6, 6.07) is 8.81. The van der Waals surface area contributed by atoms with Crippen molar-refractivity contribution >= 4 is 17.7 Å². The van der Waals surface area contributed by atoms with E-state index in [1.54, 1.807) is 55.5 Å². The van der Waals surface area contributed by atoms with Gasteiger partial charge in [-0.3, -0.25) is 9.48 Å². The molecule has 6 nitrogen and oxygen atoms in total. The Morgan fingerprint density at radius 1 is 1.52 bits per heavy atom. The minimum Gasteiger partial charge on any atom is -0.497 e. The first-order valence-electron chi connectivity index (χ1n) is 6.18. The minimum absolute atomic E-state index is 0.00539. The predicted molar refractivity (Wildman–Crippen MR) is 78.4 cm³/mol. The van der Waals surface area contributed by atoms with Crippen LogP contribution < -0.4 is 10.1 Å². The highest BCUT2D eigenvalue weighted by molar-refractivity contribution is 6.09. The molecule has 1 amide bonds. The highest BCUT2D eigenvalue weighted by Gasteiger charge is 2.10. The smallest absolute Gasteiger partial charge is 0.266 e. The lowest BCUT2D eigenvalue weighted by Crippen LogP contribution is -2.13. The van der Waals surface area contributed by atoms with E-state index < -0.39 is 5.91 Å². The number of aryl methyl sites for hydroxylation is 1. The second-order valence-electron chi connectivity index (χ2n) is 4.30. The van der Waals surface area contributed by atoms with Crippen molar-refractivity contribution in [1.82, 2.24) is 9.78 Å². The molecule has 0 unspecified atom stereocenters. The standard InChI is InChI=1S/C15H14N4O2/c1-19-10-11(9-17-19)6-12(8-16)15(20)18-13-4-3-5-14(7-13)21-2/h3-7,9-10H,1-2H3,(H,18,20)/b12-6+. The molecule has 106 valence electrons. The fourth-order valence-electron chi connectivity index (χ4n) is 1.73. The SMILES string of the molecule is COc1cccc(NC(=O)/C(C#N)=C/c2cnn(C)c2)c1. The maximum absolute atomic E-state index is 12.1. The Balaban J connectivity index is 2.17. The number of rotatable bonds is 4. The van der Waals surface area contributed by atoms with Crippen LogP contribution in [-0.4, -0.2) is 22.8 Å². The predicted octanol–water partition coefficient (Wildman–Crippen LogP) is 1.97. The monoisotopic (exact) mass is 282 g/mol. The summed E-state index contributed by atoms with van der Waals surface area (Å²) in [5.41, 5.74) is 1.26. The normalized spacial score (nSPS) is 10.8. The molecule has 6 heteroatoms. The summed E-state index contributed by atoms with van der Waals surface area (Å²) in [5.74, 6) is 0.150. The molecule has 0 aliphatic heterocycles. The van der Waals surface area contributed by atoms with Crippen LogP contribution in [0.25, 0.3) is 6.08 Å². The molecular weight excluding hydrogens is 268 g/mol. The Kier molecular flexibility index (Phi) is 4.36. The summed E-state index contributed by atoms with van der Waals surface area (Å²) in [5, 5.41) is 15.8. The zero-order valence-corrected chi connectivity index (χ0v) is 11.7. The number of amides is 1. The molecule has 2 aromatic rings. The number of aromatic nitrogens is 2. The van der Waals surface area contributed by atoms with Gasteiger partial charge in [0.05, 0.1) is 13.3 Å². The molecule has 21 heavy (non-hydrogen) atoms. The van der Waals surface area contributed by atoms with Crippen molar-refractivity contribution in [2.24, 2.45) is 7.05 Å². The van der Waals surface area contributed by atoms with Crippen LogP contribution in [0.5, 0.6) is 5.75 Å². The highest BCUT2D eigenvalue weighted by Crippen LogP contribution is 2.17. The van der Waals surface area contributed by atoms with Crippen LogP contribution in [0, 0.1) is 11.3 Å².